The van der Waals surface area contributed by atoms with Crippen LogP contribution in [0.1, 0.15) is 41.4 Å². The van der Waals surface area contributed by atoms with Crippen molar-refractivity contribution in [3.05, 3.63) is 101 Å². The van der Waals surface area contributed by atoms with Crippen molar-refractivity contribution < 1.29 is 23.1 Å². The molecule has 6 heteroatoms. The minimum absolute atomic E-state index is 0.236. The van der Waals surface area contributed by atoms with Crippen LogP contribution in [0, 0.1) is 11.6 Å². The van der Waals surface area contributed by atoms with Crippen LogP contribution in [0.15, 0.2) is 72.8 Å². The Kier molecular flexibility index (Phi) is 6.57. The maximum Gasteiger partial charge on any atom is 0.261 e. The zero-order valence-electron chi connectivity index (χ0n) is 16.6. The van der Waals surface area contributed by atoms with Crippen LogP contribution in [0.2, 0.25) is 0 Å². The van der Waals surface area contributed by atoms with E-state index in [9.17, 15) is 18.4 Å². The van der Waals surface area contributed by atoms with Crippen LogP contribution >= 0.6 is 0 Å². The predicted octanol–water partition coefficient (Wildman–Crippen LogP) is 4.84. The number of ether oxygens (including phenoxy) is 1. The Labute approximate surface area is 173 Å². The molecule has 0 saturated heterocycles. The Hall–Kier alpha value is -3.54. The van der Waals surface area contributed by atoms with Crippen molar-refractivity contribution in [2.24, 2.45) is 0 Å². The number of halogens is 2. The third-order valence-corrected chi connectivity index (χ3v) is 4.63. The number of ketones is 1. The van der Waals surface area contributed by atoms with E-state index >= 15 is 0 Å². The van der Waals surface area contributed by atoms with Gasteiger partial charge < -0.3 is 10.1 Å². The molecule has 0 aliphatic carbocycles. The van der Waals surface area contributed by atoms with Gasteiger partial charge in [-0.1, -0.05) is 12.1 Å². The Morgan fingerprint density at radius 1 is 0.767 bits per heavy atom. The fourth-order valence-corrected chi connectivity index (χ4v) is 2.88. The molecule has 30 heavy (non-hydrogen) atoms. The second-order valence-corrected chi connectivity index (χ2v) is 6.90. The lowest BCUT2D eigenvalue weighted by Crippen LogP contribution is -2.37. The first kappa shape index (κ1) is 21.2. The number of hydrogen-bond acceptors (Lipinski definition) is 3. The van der Waals surface area contributed by atoms with E-state index in [1.807, 2.05) is 0 Å². The third-order valence-electron chi connectivity index (χ3n) is 4.63. The molecule has 154 valence electrons. The molecular weight excluding hydrogens is 388 g/mol. The van der Waals surface area contributed by atoms with Crippen molar-refractivity contribution in [1.82, 2.24) is 5.32 Å². The van der Waals surface area contributed by atoms with Gasteiger partial charge in [0, 0.05) is 11.1 Å². The molecule has 1 amide bonds. The molecule has 0 fully saturated rings. The van der Waals surface area contributed by atoms with E-state index in [4.69, 9.17) is 4.74 Å². The van der Waals surface area contributed by atoms with E-state index in [0.717, 1.165) is 5.56 Å². The largest absolute Gasteiger partial charge is 0.481 e. The molecule has 0 radical (unpaired) electrons. The number of benzene rings is 3. The number of amides is 1. The zero-order chi connectivity index (χ0) is 21.7. The van der Waals surface area contributed by atoms with Crippen molar-refractivity contribution in [2.45, 2.75) is 26.0 Å². The molecule has 0 bridgehead atoms. The molecule has 0 spiro atoms. The monoisotopic (exact) mass is 409 g/mol. The molecule has 3 aromatic carbocycles. The lowest BCUT2D eigenvalue weighted by Gasteiger charge is -2.19. The van der Waals surface area contributed by atoms with Gasteiger partial charge in [-0.3, -0.25) is 9.59 Å². The Balaban J connectivity index is 1.58. The Morgan fingerprint density at radius 2 is 1.23 bits per heavy atom. The molecular formula is C24H21F2NO3. The van der Waals surface area contributed by atoms with Gasteiger partial charge in [0.25, 0.3) is 5.91 Å². The van der Waals surface area contributed by atoms with Crippen LogP contribution in [0.5, 0.6) is 5.75 Å². The first-order chi connectivity index (χ1) is 14.3. The van der Waals surface area contributed by atoms with Crippen molar-refractivity contribution in [3.8, 4) is 5.75 Å². The zero-order valence-corrected chi connectivity index (χ0v) is 16.6. The summed E-state index contributed by atoms with van der Waals surface area (Å²) in [6.07, 6.45) is -0.772. The van der Waals surface area contributed by atoms with Gasteiger partial charge in [0.15, 0.2) is 11.9 Å². The fraction of sp³-hybridized carbons (Fsp3) is 0.167. The average molecular weight is 409 g/mol. The van der Waals surface area contributed by atoms with Gasteiger partial charge in [0.2, 0.25) is 0 Å². The van der Waals surface area contributed by atoms with E-state index in [0.29, 0.717) is 16.9 Å². The van der Waals surface area contributed by atoms with Gasteiger partial charge in [0.1, 0.15) is 17.4 Å². The third kappa shape index (κ3) is 5.29. The molecule has 3 aromatic rings. The second-order valence-electron chi connectivity index (χ2n) is 6.90. The minimum atomic E-state index is -0.772. The lowest BCUT2D eigenvalue weighted by molar-refractivity contribution is -0.127. The number of hydrogen-bond donors (Lipinski definition) is 1. The molecule has 0 aliphatic rings. The van der Waals surface area contributed by atoms with Crippen molar-refractivity contribution in [1.29, 1.82) is 0 Å². The van der Waals surface area contributed by atoms with E-state index < -0.39 is 11.9 Å². The van der Waals surface area contributed by atoms with Crippen LogP contribution in [0.4, 0.5) is 8.78 Å². The van der Waals surface area contributed by atoms with Gasteiger partial charge in [-0.2, -0.15) is 0 Å². The molecule has 0 saturated carbocycles. The smallest absolute Gasteiger partial charge is 0.261 e. The molecule has 3 rings (SSSR count). The average Bonchev–Trinajstić information content (AvgIpc) is 2.74. The standard InChI is InChI=1S/C24H21F2NO3/c1-15(17-3-9-20(25)10-4-17)27-24(29)16(2)30-22-13-7-19(8-14-22)23(28)18-5-11-21(26)12-6-18/h3-16H,1-2H3,(H,27,29)/t15-,16+/m0/s1. The summed E-state index contributed by atoms with van der Waals surface area (Å²) in [6.45, 7) is 3.41. The normalized spacial score (nSPS) is 12.7. The Morgan fingerprint density at radius 3 is 1.77 bits per heavy atom. The Bertz CT molecular complexity index is 1020. The van der Waals surface area contributed by atoms with E-state index in [2.05, 4.69) is 5.32 Å². The molecule has 1 N–H and O–H groups in total. The molecule has 4 nitrogen and oxygen atoms in total. The first-order valence-corrected chi connectivity index (χ1v) is 9.46. The van der Waals surface area contributed by atoms with Gasteiger partial charge in [-0.15, -0.1) is 0 Å². The highest BCUT2D eigenvalue weighted by Gasteiger charge is 2.18. The highest BCUT2D eigenvalue weighted by atomic mass is 19.1. The van der Waals surface area contributed by atoms with E-state index in [1.165, 1.54) is 36.4 Å². The van der Waals surface area contributed by atoms with Crippen LogP contribution in [0.25, 0.3) is 0 Å². The van der Waals surface area contributed by atoms with Gasteiger partial charge in [-0.05, 0) is 80.1 Å². The highest BCUT2D eigenvalue weighted by Crippen LogP contribution is 2.18. The number of nitrogens with one attached hydrogen (secondary N) is 1. The quantitative estimate of drug-likeness (QED) is 0.568. The SMILES string of the molecule is C[C@H](NC(=O)[C@@H](C)Oc1ccc(C(=O)c2ccc(F)cc2)cc1)c1ccc(F)cc1. The summed E-state index contributed by atoms with van der Waals surface area (Å²) in [6, 6.07) is 17.3. The van der Waals surface area contributed by atoms with Crippen molar-refractivity contribution >= 4 is 11.7 Å². The summed E-state index contributed by atoms with van der Waals surface area (Å²) in [5.74, 6) is -0.867. The van der Waals surface area contributed by atoms with Crippen molar-refractivity contribution in [2.75, 3.05) is 0 Å². The summed E-state index contributed by atoms with van der Waals surface area (Å²) in [5.41, 5.74) is 1.59. The number of rotatable bonds is 7. The van der Waals surface area contributed by atoms with Crippen LogP contribution in [-0.4, -0.2) is 17.8 Å². The first-order valence-electron chi connectivity index (χ1n) is 9.46. The number of carbonyl (C=O) groups is 2. The molecule has 0 unspecified atom stereocenters. The second kappa shape index (κ2) is 9.31. The van der Waals surface area contributed by atoms with Gasteiger partial charge in [-0.25, -0.2) is 8.78 Å². The predicted molar refractivity (Wildman–Crippen MR) is 109 cm³/mol. The number of carbonyl (C=O) groups excluding carboxylic acids is 2. The van der Waals surface area contributed by atoms with Crippen LogP contribution in [0.3, 0.4) is 0 Å². The maximum atomic E-state index is 13.0. The molecule has 0 heterocycles. The topological polar surface area (TPSA) is 55.4 Å². The summed E-state index contributed by atoms with van der Waals surface area (Å²) >= 11 is 0. The molecule has 0 aromatic heterocycles. The minimum Gasteiger partial charge on any atom is -0.481 e. The summed E-state index contributed by atoms with van der Waals surface area (Å²) in [4.78, 5) is 24.8. The van der Waals surface area contributed by atoms with E-state index in [1.54, 1.807) is 50.2 Å². The molecule has 2 atom stereocenters. The summed E-state index contributed by atoms with van der Waals surface area (Å²) in [7, 11) is 0. The van der Waals surface area contributed by atoms with Crippen molar-refractivity contribution in [3.63, 3.8) is 0 Å². The lowest BCUT2D eigenvalue weighted by atomic mass is 10.0. The summed E-state index contributed by atoms with van der Waals surface area (Å²) < 4.78 is 31.7. The van der Waals surface area contributed by atoms with Gasteiger partial charge >= 0.3 is 0 Å². The van der Waals surface area contributed by atoms with Crippen LogP contribution in [-0.2, 0) is 4.79 Å². The fourth-order valence-electron chi connectivity index (χ4n) is 2.88. The van der Waals surface area contributed by atoms with E-state index in [-0.39, 0.29) is 23.5 Å². The summed E-state index contributed by atoms with van der Waals surface area (Å²) in [5, 5.41) is 2.82. The van der Waals surface area contributed by atoms with Crippen LogP contribution < -0.4 is 10.1 Å². The maximum absolute atomic E-state index is 13.0. The molecule has 0 aliphatic heterocycles. The highest BCUT2D eigenvalue weighted by molar-refractivity contribution is 6.09. The van der Waals surface area contributed by atoms with Gasteiger partial charge in [0.05, 0.1) is 6.04 Å².